The summed E-state index contributed by atoms with van der Waals surface area (Å²) in [4.78, 5) is 18.8. The lowest BCUT2D eigenvalue weighted by Gasteiger charge is -2.23. The molecule has 2 fully saturated rings. The van der Waals surface area contributed by atoms with Gasteiger partial charge in [-0.25, -0.2) is 4.79 Å². The van der Waals surface area contributed by atoms with Crippen LogP contribution in [0.2, 0.25) is 0 Å². The first kappa shape index (κ1) is 17.9. The smallest absolute Gasteiger partial charge is 0.351 e. The van der Waals surface area contributed by atoms with Gasteiger partial charge in [0.05, 0.1) is 35.3 Å². The van der Waals surface area contributed by atoms with Crippen LogP contribution in [0.5, 0.6) is 5.88 Å². The van der Waals surface area contributed by atoms with Crippen LogP contribution < -0.4 is 10.4 Å². The molecule has 28 heavy (non-hydrogen) atoms. The fourth-order valence-corrected chi connectivity index (χ4v) is 4.51. The van der Waals surface area contributed by atoms with E-state index in [1.807, 2.05) is 6.07 Å². The minimum atomic E-state index is -0.273. The Kier molecular flexibility index (Phi) is 4.50. The zero-order chi connectivity index (χ0) is 19.1. The summed E-state index contributed by atoms with van der Waals surface area (Å²) in [5, 5.41) is 0. The molecule has 1 atom stereocenters. The highest BCUT2D eigenvalue weighted by Gasteiger charge is 2.35. The number of fused-ring (bicyclic) bond motifs is 3. The molecule has 0 amide bonds. The van der Waals surface area contributed by atoms with E-state index >= 15 is 0 Å². The molecule has 0 unspecified atom stereocenters. The largest absolute Gasteiger partial charge is 0.475 e. The fraction of sp³-hybridized carbons (Fsp3) is 0.524. The number of aryl methyl sites for hydroxylation is 1. The molecule has 0 N–H and O–H groups in total. The highest BCUT2D eigenvalue weighted by molar-refractivity contribution is 7.16. The van der Waals surface area contributed by atoms with Crippen LogP contribution in [-0.4, -0.2) is 42.1 Å². The van der Waals surface area contributed by atoms with Gasteiger partial charge in [0.15, 0.2) is 0 Å². The second kappa shape index (κ2) is 7.03. The number of nitrogens with zero attached hydrogens (tertiary/aromatic N) is 2. The molecule has 146 valence electrons. The van der Waals surface area contributed by atoms with Gasteiger partial charge in [-0.1, -0.05) is 11.8 Å². The van der Waals surface area contributed by atoms with Crippen molar-refractivity contribution in [3.05, 3.63) is 33.1 Å². The summed E-state index contributed by atoms with van der Waals surface area (Å²) < 4.78 is 18.5. The normalized spacial score (nSPS) is 21.8. The van der Waals surface area contributed by atoms with E-state index in [2.05, 4.69) is 29.8 Å². The minimum absolute atomic E-state index is 0.127. The van der Waals surface area contributed by atoms with Crippen LogP contribution in [0.25, 0.3) is 10.6 Å². The Hall–Kier alpha value is -2.14. The lowest BCUT2D eigenvalue weighted by atomic mass is 10.1. The fourth-order valence-electron chi connectivity index (χ4n) is 3.42. The molecule has 0 bridgehead atoms. The molecule has 3 aliphatic rings. The molecule has 2 aliphatic heterocycles. The van der Waals surface area contributed by atoms with E-state index in [4.69, 9.17) is 14.2 Å². The summed E-state index contributed by atoms with van der Waals surface area (Å²) in [7, 11) is 0. The summed E-state index contributed by atoms with van der Waals surface area (Å²) in [6, 6.07) is 4.03. The van der Waals surface area contributed by atoms with Gasteiger partial charge in [-0.05, 0) is 37.8 Å². The predicted molar refractivity (Wildman–Crippen MR) is 106 cm³/mol. The number of ether oxygens (including phenoxy) is 3. The monoisotopic (exact) mass is 398 g/mol. The van der Waals surface area contributed by atoms with E-state index in [-0.39, 0.29) is 17.2 Å². The number of aromatic nitrogens is 2. The minimum Gasteiger partial charge on any atom is -0.475 e. The molecule has 7 heteroatoms. The Bertz CT molecular complexity index is 1020. The van der Waals surface area contributed by atoms with Crippen molar-refractivity contribution in [2.45, 2.75) is 38.8 Å². The van der Waals surface area contributed by atoms with Gasteiger partial charge >= 0.3 is 5.69 Å². The van der Waals surface area contributed by atoms with E-state index in [0.29, 0.717) is 38.9 Å². The van der Waals surface area contributed by atoms with Crippen molar-refractivity contribution >= 4 is 11.3 Å². The average Bonchev–Trinajstić information content (AvgIpc) is 3.29. The Morgan fingerprint density at radius 1 is 1.39 bits per heavy atom. The van der Waals surface area contributed by atoms with Crippen LogP contribution in [0.3, 0.4) is 0 Å². The van der Waals surface area contributed by atoms with Crippen molar-refractivity contribution in [3.8, 4) is 28.3 Å². The van der Waals surface area contributed by atoms with Gasteiger partial charge in [-0.2, -0.15) is 4.98 Å². The summed E-state index contributed by atoms with van der Waals surface area (Å²) in [6.45, 7) is 4.84. The third-order valence-corrected chi connectivity index (χ3v) is 6.54. The van der Waals surface area contributed by atoms with Crippen molar-refractivity contribution in [2.75, 3.05) is 26.4 Å². The predicted octanol–water partition coefficient (Wildman–Crippen LogP) is 2.47. The maximum atomic E-state index is 12.5. The molecule has 0 spiro atoms. The SMILES string of the molecule is CC1(C#Cc2cc3c(s2)-c2cc(OC[C@@H]4COCCO4)nc(=O)n2CC3)CC1. The quantitative estimate of drug-likeness (QED) is 0.744. The van der Waals surface area contributed by atoms with E-state index in [9.17, 15) is 4.79 Å². The van der Waals surface area contributed by atoms with Crippen molar-refractivity contribution in [2.24, 2.45) is 5.41 Å². The highest BCUT2D eigenvalue weighted by Crippen LogP contribution is 2.44. The molecule has 1 saturated carbocycles. The van der Waals surface area contributed by atoms with E-state index in [1.54, 1.807) is 15.9 Å². The van der Waals surface area contributed by atoms with Crippen LogP contribution in [-0.2, 0) is 22.4 Å². The zero-order valence-corrected chi connectivity index (χ0v) is 16.6. The maximum Gasteiger partial charge on any atom is 0.351 e. The number of rotatable bonds is 3. The first-order valence-electron chi connectivity index (χ1n) is 9.70. The number of hydrogen-bond donors (Lipinski definition) is 0. The molecular weight excluding hydrogens is 376 g/mol. The summed E-state index contributed by atoms with van der Waals surface area (Å²) in [5.41, 5.74) is 2.05. The number of hydrogen-bond acceptors (Lipinski definition) is 6. The van der Waals surface area contributed by atoms with Crippen LogP contribution in [0, 0.1) is 17.3 Å². The molecule has 0 radical (unpaired) electrons. The van der Waals surface area contributed by atoms with E-state index < -0.39 is 0 Å². The van der Waals surface area contributed by atoms with Gasteiger partial charge in [0.1, 0.15) is 12.7 Å². The van der Waals surface area contributed by atoms with Gasteiger partial charge in [-0.15, -0.1) is 11.3 Å². The Morgan fingerprint density at radius 3 is 3.07 bits per heavy atom. The topological polar surface area (TPSA) is 62.6 Å². The van der Waals surface area contributed by atoms with Crippen LogP contribution in [0.4, 0.5) is 0 Å². The summed E-state index contributed by atoms with van der Waals surface area (Å²) in [6.07, 6.45) is 3.07. The number of thiophene rings is 1. The van der Waals surface area contributed by atoms with Gasteiger partial charge in [0.25, 0.3) is 0 Å². The first-order chi connectivity index (χ1) is 13.6. The Morgan fingerprint density at radius 2 is 2.29 bits per heavy atom. The molecule has 2 aromatic rings. The van der Waals surface area contributed by atoms with Crippen molar-refractivity contribution in [3.63, 3.8) is 0 Å². The molecule has 1 saturated heterocycles. The van der Waals surface area contributed by atoms with Gasteiger partial charge < -0.3 is 14.2 Å². The summed E-state index contributed by atoms with van der Waals surface area (Å²) in [5.74, 6) is 7.07. The van der Waals surface area contributed by atoms with Gasteiger partial charge in [0, 0.05) is 18.0 Å². The molecule has 5 rings (SSSR count). The molecule has 6 nitrogen and oxygen atoms in total. The third-order valence-electron chi connectivity index (χ3n) is 5.42. The lowest BCUT2D eigenvalue weighted by molar-refractivity contribution is -0.102. The first-order valence-corrected chi connectivity index (χ1v) is 10.5. The molecular formula is C21H22N2O4S. The van der Waals surface area contributed by atoms with Crippen molar-refractivity contribution in [1.29, 1.82) is 0 Å². The van der Waals surface area contributed by atoms with Crippen LogP contribution in [0.1, 0.15) is 30.2 Å². The summed E-state index contributed by atoms with van der Waals surface area (Å²) >= 11 is 1.65. The molecule has 2 aromatic heterocycles. The molecule has 4 heterocycles. The van der Waals surface area contributed by atoms with Crippen LogP contribution in [0.15, 0.2) is 16.9 Å². The van der Waals surface area contributed by atoms with Crippen molar-refractivity contribution < 1.29 is 14.2 Å². The average molecular weight is 398 g/mol. The van der Waals surface area contributed by atoms with Crippen molar-refractivity contribution in [1.82, 2.24) is 9.55 Å². The van der Waals surface area contributed by atoms with E-state index in [1.165, 1.54) is 18.4 Å². The standard InChI is InChI=1S/C21H22N2O4S/c1-21(5-6-21)4-2-16-10-14-3-7-23-17(19(14)28-16)11-18(22-20(23)24)27-13-15-12-25-8-9-26-15/h10-11,15H,3,5-9,12-13H2,1H3/t15-/m0/s1. The molecule has 1 aliphatic carbocycles. The molecule has 0 aromatic carbocycles. The Balaban J connectivity index is 1.41. The van der Waals surface area contributed by atoms with E-state index in [0.717, 1.165) is 21.9 Å². The Labute approximate surface area is 167 Å². The van der Waals surface area contributed by atoms with Gasteiger partial charge in [-0.3, -0.25) is 4.57 Å². The lowest BCUT2D eigenvalue weighted by Crippen LogP contribution is -2.34. The zero-order valence-electron chi connectivity index (χ0n) is 15.8. The second-order valence-corrected chi connectivity index (χ2v) is 8.87. The third kappa shape index (κ3) is 3.60. The van der Waals surface area contributed by atoms with Crippen LogP contribution >= 0.6 is 11.3 Å². The highest BCUT2D eigenvalue weighted by atomic mass is 32.1. The maximum absolute atomic E-state index is 12.5. The second-order valence-electron chi connectivity index (χ2n) is 7.82. The van der Waals surface area contributed by atoms with Gasteiger partial charge in [0.2, 0.25) is 5.88 Å².